The van der Waals surface area contributed by atoms with E-state index in [1.807, 2.05) is 26.0 Å². The summed E-state index contributed by atoms with van der Waals surface area (Å²) in [6, 6.07) is 4.71. The van der Waals surface area contributed by atoms with Crippen LogP contribution < -0.4 is 17.5 Å². The molecule has 0 radical (unpaired) electrons. The van der Waals surface area contributed by atoms with Crippen LogP contribution in [-0.2, 0) is 45.1 Å². The van der Waals surface area contributed by atoms with Crippen molar-refractivity contribution >= 4 is 30.9 Å². The normalized spacial score (nSPS) is 14.0. The zero-order valence-corrected chi connectivity index (χ0v) is 41.8. The summed E-state index contributed by atoms with van der Waals surface area (Å²) >= 11 is -5.44. The molecule has 0 bridgehead atoms. The number of rotatable bonds is 30. The Morgan fingerprint density at radius 3 is 1.25 bits per heavy atom. The summed E-state index contributed by atoms with van der Waals surface area (Å²) in [5.74, 6) is -4.82. The van der Waals surface area contributed by atoms with Gasteiger partial charge in [-0.25, -0.2) is 0 Å². The topological polar surface area (TPSA) is 77.5 Å². The van der Waals surface area contributed by atoms with Crippen LogP contribution in [0.5, 0.6) is 0 Å². The van der Waals surface area contributed by atoms with Gasteiger partial charge in [-0.05, 0) is 0 Å². The maximum atomic E-state index is 18.3. The monoisotopic (exact) mass is 946 g/mol. The summed E-state index contributed by atoms with van der Waals surface area (Å²) in [5, 5.41) is 0. The zero-order valence-electron chi connectivity index (χ0n) is 40.3. The summed E-state index contributed by atoms with van der Waals surface area (Å²) in [6.07, 6.45) is 17.2. The molecule has 0 spiro atoms. The Bertz CT molecular complexity index is 1870. The van der Waals surface area contributed by atoms with E-state index in [1.165, 1.54) is 21.9 Å². The van der Waals surface area contributed by atoms with Crippen LogP contribution in [0.15, 0.2) is 68.5 Å². The van der Waals surface area contributed by atoms with Crippen LogP contribution in [0.3, 0.4) is 0 Å². The third-order valence-electron chi connectivity index (χ3n) is 12.3. The van der Waals surface area contributed by atoms with Gasteiger partial charge in [-0.1, -0.05) is 26.7 Å². The fraction of sp³-hybridized carbons (Fsp3) is 0.577. The Morgan fingerprint density at radius 2 is 0.923 bits per heavy atom. The van der Waals surface area contributed by atoms with E-state index >= 15 is 17.6 Å². The van der Waals surface area contributed by atoms with E-state index in [2.05, 4.69) is 13.8 Å². The number of nitrogens with zero attached hydrogens (tertiary/aromatic N) is 2. The number of amides is 2. The summed E-state index contributed by atoms with van der Waals surface area (Å²) in [4.78, 5) is 31.7. The van der Waals surface area contributed by atoms with Crippen LogP contribution >= 0.6 is 0 Å². The van der Waals surface area contributed by atoms with Crippen molar-refractivity contribution in [3.63, 3.8) is 0 Å². The molecule has 4 rings (SSSR count). The van der Waals surface area contributed by atoms with Gasteiger partial charge < -0.3 is 0 Å². The first-order chi connectivity index (χ1) is 31.1. The average Bonchev–Trinajstić information content (AvgIpc) is 4.02. The van der Waals surface area contributed by atoms with Crippen molar-refractivity contribution in [1.82, 2.24) is 0 Å². The number of allylic oxidation sites excluding steroid dienone is 8. The second-order valence-corrected chi connectivity index (χ2v) is 24.2. The van der Waals surface area contributed by atoms with Crippen molar-refractivity contribution in [3.05, 3.63) is 91.7 Å². The van der Waals surface area contributed by atoms with E-state index in [4.69, 9.17) is 18.9 Å². The summed E-state index contributed by atoms with van der Waals surface area (Å²) in [6.45, 7) is 17.6. The molecule has 0 aliphatic heterocycles. The third kappa shape index (κ3) is 13.4. The minimum absolute atomic E-state index is 0.0348. The second kappa shape index (κ2) is 26.2. The van der Waals surface area contributed by atoms with Crippen LogP contribution in [0.4, 0.5) is 28.9 Å². The molecule has 0 N–H and O–H groups in total. The third-order valence-corrected chi connectivity index (χ3v) is 20.3. The SMILES string of the molecule is CCCCOCCOCCN(C(=O)C(C)(C)CCC)c1ccc(F)[c]([Ti]([C]2=CC=CC2)([C]2=CC=CC2)[c]2c(F)ccc(N(CCOCCOCCCC)C(=O)C(C)(C)CCC)c2F)c1F. The van der Waals surface area contributed by atoms with Gasteiger partial charge >= 0.3 is 365 Å². The van der Waals surface area contributed by atoms with Crippen molar-refractivity contribution in [2.24, 2.45) is 10.8 Å². The van der Waals surface area contributed by atoms with Gasteiger partial charge in [-0.3, -0.25) is 0 Å². The van der Waals surface area contributed by atoms with E-state index in [0.717, 1.165) is 37.8 Å². The molecule has 2 aromatic carbocycles. The predicted molar refractivity (Wildman–Crippen MR) is 251 cm³/mol. The fourth-order valence-corrected chi connectivity index (χ4v) is 17.2. The van der Waals surface area contributed by atoms with Gasteiger partial charge in [0.25, 0.3) is 0 Å². The van der Waals surface area contributed by atoms with Crippen LogP contribution in [-0.4, -0.2) is 77.8 Å². The predicted octanol–water partition coefficient (Wildman–Crippen LogP) is 11.0. The molecule has 65 heavy (non-hydrogen) atoms. The Balaban J connectivity index is 1.96. The molecule has 0 unspecified atom stereocenters. The number of carbonyl (C=O) groups is 2. The van der Waals surface area contributed by atoms with Crippen molar-refractivity contribution in [1.29, 1.82) is 0 Å². The van der Waals surface area contributed by atoms with Gasteiger partial charge in [0.1, 0.15) is 0 Å². The molecule has 0 heterocycles. The van der Waals surface area contributed by atoms with Crippen molar-refractivity contribution in [2.45, 2.75) is 120 Å². The molecular formula is C52H74F4N2O6Ti. The molecule has 2 aliphatic carbocycles. The standard InChI is InChI=1S/2C21H32F2NO3.2C5H5.Ti/c2*1-5-7-12-26-14-15-27-13-11-24(20(25)21(3,4)10-6-2)19-9-8-17(22)16-18(19)23;2*1-2-4-5-3-1;/h2*8-9H,5-7,10-15H2,1-4H3;2*1-3H,4H2;. The molecule has 0 aromatic heterocycles. The van der Waals surface area contributed by atoms with Crippen LogP contribution in [0.25, 0.3) is 0 Å². The van der Waals surface area contributed by atoms with Gasteiger partial charge in [0.15, 0.2) is 0 Å². The van der Waals surface area contributed by atoms with Crippen molar-refractivity contribution in [2.75, 3.05) is 75.7 Å². The summed E-state index contributed by atoms with van der Waals surface area (Å²) < 4.78 is 94.4. The van der Waals surface area contributed by atoms with E-state index in [-0.39, 0.29) is 63.7 Å². The van der Waals surface area contributed by atoms with E-state index in [9.17, 15) is 9.59 Å². The quantitative estimate of drug-likeness (QED) is 0.0441. The maximum absolute atomic E-state index is 18.3. The Kier molecular flexibility index (Phi) is 21.9. The first kappa shape index (κ1) is 54.2. The van der Waals surface area contributed by atoms with Crippen molar-refractivity contribution < 1.29 is 62.7 Å². The molecule has 0 saturated carbocycles. The van der Waals surface area contributed by atoms with Gasteiger partial charge in [-0.2, -0.15) is 0 Å². The number of hydrogen-bond donors (Lipinski definition) is 0. The number of unbranched alkanes of at least 4 members (excludes halogenated alkanes) is 2. The van der Waals surface area contributed by atoms with E-state index in [0.29, 0.717) is 59.9 Å². The minimum atomic E-state index is -5.44. The number of ether oxygens (including phenoxy) is 4. The van der Waals surface area contributed by atoms with Crippen LogP contribution in [0.1, 0.15) is 120 Å². The van der Waals surface area contributed by atoms with E-state index in [1.54, 1.807) is 52.0 Å². The molecule has 2 aromatic rings. The molecule has 2 aliphatic rings. The number of anilines is 2. The Hall–Kier alpha value is -3.39. The fourth-order valence-electron chi connectivity index (χ4n) is 8.92. The number of benzene rings is 2. The molecule has 2 amide bonds. The molecule has 360 valence electrons. The summed E-state index contributed by atoms with van der Waals surface area (Å²) in [5.41, 5.74) is -2.27. The Labute approximate surface area is 389 Å². The number of carbonyl (C=O) groups excluding carboxylic acids is 2. The van der Waals surface area contributed by atoms with Crippen molar-refractivity contribution in [3.8, 4) is 0 Å². The van der Waals surface area contributed by atoms with E-state index < -0.39 is 70.2 Å². The molecule has 0 fully saturated rings. The molecule has 0 saturated heterocycles. The van der Waals surface area contributed by atoms with Gasteiger partial charge in [0, 0.05) is 0 Å². The first-order valence-corrected chi connectivity index (χ1v) is 26.9. The molecular weight excluding hydrogens is 872 g/mol. The average molecular weight is 947 g/mol. The molecule has 8 nitrogen and oxygen atoms in total. The zero-order chi connectivity index (χ0) is 47.6. The van der Waals surface area contributed by atoms with Gasteiger partial charge in [-0.15, -0.1) is 0 Å². The second-order valence-electron chi connectivity index (χ2n) is 18.2. The molecule has 0 atom stereocenters. The van der Waals surface area contributed by atoms with Gasteiger partial charge in [0.05, 0.1) is 0 Å². The summed E-state index contributed by atoms with van der Waals surface area (Å²) in [7, 11) is 0. The number of halogens is 4. The van der Waals surface area contributed by atoms with Crippen LogP contribution in [0.2, 0.25) is 0 Å². The van der Waals surface area contributed by atoms with Crippen LogP contribution in [0, 0.1) is 34.1 Å². The first-order valence-electron chi connectivity index (χ1n) is 23.8. The van der Waals surface area contributed by atoms with Gasteiger partial charge in [0.2, 0.25) is 0 Å². The number of hydrogen-bond acceptors (Lipinski definition) is 6. The Morgan fingerprint density at radius 1 is 0.554 bits per heavy atom. The molecule has 13 heteroatoms.